The molecule has 0 saturated carbocycles. The predicted molar refractivity (Wildman–Crippen MR) is 57.5 cm³/mol. The summed E-state index contributed by atoms with van der Waals surface area (Å²) in [5, 5.41) is 3.19. The van der Waals surface area contributed by atoms with Crippen molar-refractivity contribution in [3.8, 4) is 0 Å². The minimum Gasteiger partial charge on any atom is -0.315 e. The van der Waals surface area contributed by atoms with Crippen LogP contribution in [-0.4, -0.2) is 22.2 Å². The molecule has 1 aromatic heterocycles. The van der Waals surface area contributed by atoms with E-state index in [0.717, 1.165) is 19.5 Å². The van der Waals surface area contributed by atoms with E-state index in [1.54, 1.807) is 9.13 Å². The molecule has 4 heteroatoms. The Balaban J connectivity index is 2.76. The van der Waals surface area contributed by atoms with E-state index in [9.17, 15) is 4.79 Å². The maximum absolute atomic E-state index is 11.7. The highest BCUT2D eigenvalue weighted by Gasteiger charge is 2.07. The lowest BCUT2D eigenvalue weighted by Gasteiger charge is -2.13. The van der Waals surface area contributed by atoms with E-state index < -0.39 is 0 Å². The summed E-state index contributed by atoms with van der Waals surface area (Å²) < 4.78 is 3.47. The van der Waals surface area contributed by atoms with Crippen LogP contribution in [0.2, 0.25) is 0 Å². The van der Waals surface area contributed by atoms with Gasteiger partial charge in [-0.25, -0.2) is 4.79 Å². The van der Waals surface area contributed by atoms with Gasteiger partial charge in [-0.05, 0) is 20.4 Å². The zero-order valence-electron chi connectivity index (χ0n) is 9.16. The highest BCUT2D eigenvalue weighted by atomic mass is 16.1. The van der Waals surface area contributed by atoms with Crippen LogP contribution in [0, 0.1) is 0 Å². The highest BCUT2D eigenvalue weighted by Crippen LogP contribution is 1.94. The Morgan fingerprint density at radius 3 is 2.43 bits per heavy atom. The van der Waals surface area contributed by atoms with Gasteiger partial charge < -0.3 is 5.32 Å². The summed E-state index contributed by atoms with van der Waals surface area (Å²) in [5.74, 6) is 0. The van der Waals surface area contributed by atoms with Gasteiger partial charge in [0.2, 0.25) is 0 Å². The summed E-state index contributed by atoms with van der Waals surface area (Å²) in [6.07, 6.45) is 4.72. The highest BCUT2D eigenvalue weighted by molar-refractivity contribution is 4.82. The molecule has 1 rings (SSSR count). The number of aromatic nitrogens is 2. The fourth-order valence-electron chi connectivity index (χ4n) is 1.50. The molecule has 0 radical (unpaired) electrons. The van der Waals surface area contributed by atoms with Crippen LogP contribution < -0.4 is 11.0 Å². The average molecular weight is 197 g/mol. The zero-order chi connectivity index (χ0) is 10.6. The smallest absolute Gasteiger partial charge is 0.315 e. The summed E-state index contributed by atoms with van der Waals surface area (Å²) >= 11 is 0. The lowest BCUT2D eigenvalue weighted by Crippen LogP contribution is -2.34. The molecule has 4 nitrogen and oxygen atoms in total. The first-order valence-corrected chi connectivity index (χ1v) is 5.15. The van der Waals surface area contributed by atoms with E-state index in [1.807, 2.05) is 26.4 Å². The SMILES string of the molecule is CCC(Cn1ccn(CC)c1=O)NC. The molecular formula is C10H19N3O. The van der Waals surface area contributed by atoms with Crippen molar-refractivity contribution in [1.29, 1.82) is 0 Å². The Morgan fingerprint density at radius 2 is 2.00 bits per heavy atom. The van der Waals surface area contributed by atoms with E-state index in [0.29, 0.717) is 6.04 Å². The minimum atomic E-state index is 0.0844. The van der Waals surface area contributed by atoms with Gasteiger partial charge in [-0.15, -0.1) is 0 Å². The van der Waals surface area contributed by atoms with Crippen LogP contribution in [0.4, 0.5) is 0 Å². The third kappa shape index (κ3) is 2.26. The maximum atomic E-state index is 11.7. The summed E-state index contributed by atoms with van der Waals surface area (Å²) in [6.45, 7) is 5.57. The Morgan fingerprint density at radius 1 is 1.36 bits per heavy atom. The van der Waals surface area contributed by atoms with Crippen LogP contribution >= 0.6 is 0 Å². The largest absolute Gasteiger partial charge is 0.328 e. The quantitative estimate of drug-likeness (QED) is 0.753. The Hall–Kier alpha value is -1.03. The van der Waals surface area contributed by atoms with Gasteiger partial charge in [0, 0.05) is 31.5 Å². The van der Waals surface area contributed by atoms with E-state index in [2.05, 4.69) is 12.2 Å². The topological polar surface area (TPSA) is 39.0 Å². The number of hydrogen-bond acceptors (Lipinski definition) is 2. The lowest BCUT2D eigenvalue weighted by molar-refractivity contribution is 0.457. The van der Waals surface area contributed by atoms with Crippen LogP contribution in [0.5, 0.6) is 0 Å². The standard InChI is InChI=1S/C10H19N3O/c1-4-9(11-3)8-13-7-6-12(5-2)10(13)14/h6-7,9,11H,4-5,8H2,1-3H3. The van der Waals surface area contributed by atoms with Gasteiger partial charge in [0.15, 0.2) is 0 Å². The molecule has 0 fully saturated rings. The van der Waals surface area contributed by atoms with Crippen LogP contribution in [0.1, 0.15) is 20.3 Å². The molecule has 14 heavy (non-hydrogen) atoms. The van der Waals surface area contributed by atoms with E-state index in [4.69, 9.17) is 0 Å². The Bertz CT molecular complexity index is 322. The van der Waals surface area contributed by atoms with Crippen LogP contribution in [-0.2, 0) is 13.1 Å². The molecule has 80 valence electrons. The number of likely N-dealkylation sites (N-methyl/N-ethyl adjacent to an activating group) is 1. The van der Waals surface area contributed by atoms with Crippen LogP contribution in [0.3, 0.4) is 0 Å². The van der Waals surface area contributed by atoms with Crippen molar-refractivity contribution in [1.82, 2.24) is 14.5 Å². The molecule has 1 aromatic rings. The third-order valence-corrected chi connectivity index (χ3v) is 2.58. The van der Waals surface area contributed by atoms with Crippen molar-refractivity contribution < 1.29 is 0 Å². The van der Waals surface area contributed by atoms with Gasteiger partial charge in [0.1, 0.15) is 0 Å². The van der Waals surface area contributed by atoms with Gasteiger partial charge in [-0.1, -0.05) is 6.92 Å². The molecule has 0 saturated heterocycles. The maximum Gasteiger partial charge on any atom is 0.328 e. The zero-order valence-corrected chi connectivity index (χ0v) is 9.16. The van der Waals surface area contributed by atoms with E-state index in [-0.39, 0.29) is 5.69 Å². The van der Waals surface area contributed by atoms with Gasteiger partial charge in [0.05, 0.1) is 0 Å². The van der Waals surface area contributed by atoms with Crippen molar-refractivity contribution in [2.45, 2.75) is 39.4 Å². The number of imidazole rings is 1. The fraction of sp³-hybridized carbons (Fsp3) is 0.700. The second-order valence-electron chi connectivity index (χ2n) is 3.41. The molecule has 0 amide bonds. The molecule has 0 aliphatic heterocycles. The van der Waals surface area contributed by atoms with Crippen molar-refractivity contribution in [3.63, 3.8) is 0 Å². The van der Waals surface area contributed by atoms with Crippen molar-refractivity contribution in [2.24, 2.45) is 0 Å². The molecule has 1 N–H and O–H groups in total. The molecular weight excluding hydrogens is 178 g/mol. The lowest BCUT2D eigenvalue weighted by atomic mass is 10.2. The van der Waals surface area contributed by atoms with Gasteiger partial charge in [0.25, 0.3) is 0 Å². The van der Waals surface area contributed by atoms with Crippen molar-refractivity contribution in [3.05, 3.63) is 22.9 Å². The Kier molecular flexibility index (Phi) is 3.95. The fourth-order valence-corrected chi connectivity index (χ4v) is 1.50. The molecule has 0 spiro atoms. The van der Waals surface area contributed by atoms with E-state index >= 15 is 0 Å². The van der Waals surface area contributed by atoms with Gasteiger partial charge in [-0.3, -0.25) is 9.13 Å². The van der Waals surface area contributed by atoms with E-state index in [1.165, 1.54) is 0 Å². The minimum absolute atomic E-state index is 0.0844. The predicted octanol–water partition coefficient (Wildman–Crippen LogP) is 0.668. The Labute approximate surface area is 84.5 Å². The molecule has 0 aliphatic carbocycles. The second-order valence-corrected chi connectivity index (χ2v) is 3.41. The van der Waals surface area contributed by atoms with Gasteiger partial charge in [-0.2, -0.15) is 0 Å². The molecule has 0 bridgehead atoms. The summed E-state index contributed by atoms with van der Waals surface area (Å²) in [4.78, 5) is 11.7. The number of nitrogens with zero attached hydrogens (tertiary/aromatic N) is 2. The first-order chi connectivity index (χ1) is 6.72. The van der Waals surface area contributed by atoms with Crippen molar-refractivity contribution >= 4 is 0 Å². The number of rotatable bonds is 5. The third-order valence-electron chi connectivity index (χ3n) is 2.58. The molecule has 1 atom stereocenters. The van der Waals surface area contributed by atoms with Gasteiger partial charge >= 0.3 is 5.69 Å². The first kappa shape index (κ1) is 11.0. The monoisotopic (exact) mass is 197 g/mol. The summed E-state index contributed by atoms with van der Waals surface area (Å²) in [5.41, 5.74) is 0.0844. The summed E-state index contributed by atoms with van der Waals surface area (Å²) in [7, 11) is 1.93. The van der Waals surface area contributed by atoms with Crippen molar-refractivity contribution in [2.75, 3.05) is 7.05 Å². The van der Waals surface area contributed by atoms with Crippen LogP contribution in [0.15, 0.2) is 17.2 Å². The number of aryl methyl sites for hydroxylation is 1. The molecule has 0 aromatic carbocycles. The number of hydrogen-bond donors (Lipinski definition) is 1. The number of nitrogens with one attached hydrogen (secondary N) is 1. The molecule has 0 aliphatic rings. The average Bonchev–Trinajstić information content (AvgIpc) is 2.56. The van der Waals surface area contributed by atoms with Crippen LogP contribution in [0.25, 0.3) is 0 Å². The first-order valence-electron chi connectivity index (χ1n) is 5.15. The molecule has 1 unspecified atom stereocenters. The second kappa shape index (κ2) is 5.00. The normalized spacial score (nSPS) is 13.1. The molecule has 1 heterocycles. The summed E-state index contributed by atoms with van der Waals surface area (Å²) in [6, 6.07) is 0.375.